The molecule has 8 bridgehead atoms. The van der Waals surface area contributed by atoms with Crippen molar-refractivity contribution in [3.63, 3.8) is 0 Å². The van der Waals surface area contributed by atoms with Gasteiger partial charge in [0.25, 0.3) is 0 Å². The molecular weight excluding hydrogens is 1240 g/mol. The summed E-state index contributed by atoms with van der Waals surface area (Å²) in [6.07, 6.45) is 19.5. The number of rotatable bonds is 17. The molecule has 12 fully saturated rings. The van der Waals surface area contributed by atoms with Crippen LogP contribution >= 0.6 is 11.8 Å². The zero-order valence-electron chi connectivity index (χ0n) is 55.6. The molecule has 17 nitrogen and oxygen atoms in total. The highest BCUT2D eigenvalue weighted by Crippen LogP contribution is 2.62. The number of thioether (sulfide) groups is 1. The van der Waals surface area contributed by atoms with Crippen LogP contribution < -0.4 is 0 Å². The van der Waals surface area contributed by atoms with Gasteiger partial charge in [-0.05, 0) is 206 Å². The second-order valence-corrected chi connectivity index (χ2v) is 31.5. The van der Waals surface area contributed by atoms with E-state index in [4.69, 9.17) is 33.2 Å². The van der Waals surface area contributed by atoms with Crippen LogP contribution in [0, 0.1) is 68.5 Å². The number of β-lactam (4-membered cyclic amide) rings is 1. The van der Waals surface area contributed by atoms with E-state index in [1.54, 1.807) is 39.5 Å². The number of imide groups is 1. The molecule has 3 heterocycles. The number of carbonyl (C=O) groups excluding carboxylic acids is 8. The van der Waals surface area contributed by atoms with Crippen LogP contribution in [0.1, 0.15) is 320 Å². The van der Waals surface area contributed by atoms with Gasteiger partial charge < -0.3 is 38.3 Å². The number of nitrogens with zero attached hydrogens (tertiary/aromatic N) is 1. The maximum atomic E-state index is 12.6. The standard InChI is InChI=1S/C18H30O2.C16H26O3.C12H19NO2.C12H20O5S.C10H16O4.10CH4/c1-5-17(3,4)16(19)20-18(6-2)14-8-12-7-13(10-14)11-15(18)9-12;1-4-14(2,3)13(17)19-16-8-11-5-12(9-16)7-15(18,6-11)10-16;1-4-12(2,3)11(15)13-9-7-5-6-8(9)10(13)14;1-4-12(2,3)11(14)16-7-9(13)17-10-8-18-6-5-15-10;1-4-10(2,3)9(12)14-7-5-6-13-8(7)11;;;;;;;;;;/h12-15H,5-11H2,1-4H3;11-12,18H,4-10H2,1-3H3;8-9H,4-7H2,1-3H3;10H,4-8H2,1-3H3;7H,4-6H2,1-3H3;10*1H4. The molecule has 0 radical (unpaired) electrons. The van der Waals surface area contributed by atoms with E-state index in [2.05, 4.69) is 13.8 Å². The van der Waals surface area contributed by atoms with Gasteiger partial charge in [0.2, 0.25) is 24.2 Å². The average molecular weight is 1390 g/mol. The first kappa shape index (κ1) is 101. The number of ether oxygens (including phenoxy) is 7. The number of fused-ring (bicyclic) bond motifs is 1. The van der Waals surface area contributed by atoms with Crippen molar-refractivity contribution >= 4 is 59.4 Å². The van der Waals surface area contributed by atoms with Gasteiger partial charge in [0.1, 0.15) is 11.2 Å². The Morgan fingerprint density at radius 1 is 0.552 bits per heavy atom. The highest BCUT2D eigenvalue weighted by atomic mass is 32.2. The molecule has 3 aliphatic heterocycles. The van der Waals surface area contributed by atoms with E-state index < -0.39 is 46.2 Å². The van der Waals surface area contributed by atoms with Crippen LogP contribution in [-0.2, 0) is 71.5 Å². The van der Waals surface area contributed by atoms with Crippen molar-refractivity contribution in [2.24, 2.45) is 68.5 Å². The van der Waals surface area contributed by atoms with Crippen molar-refractivity contribution in [1.29, 1.82) is 0 Å². The Bertz CT molecular complexity index is 2370. The normalized spacial score (nSPS) is 29.4. The third-order valence-electron chi connectivity index (χ3n) is 21.9. The van der Waals surface area contributed by atoms with Gasteiger partial charge in [-0.1, -0.05) is 136 Å². The molecule has 6 unspecified atom stereocenters. The minimum Gasteiger partial charge on any atom is -0.463 e. The van der Waals surface area contributed by atoms with Crippen LogP contribution in [0.3, 0.4) is 0 Å². The highest BCUT2D eigenvalue weighted by molar-refractivity contribution is 7.99. The zero-order chi connectivity index (χ0) is 64.0. The fourth-order valence-corrected chi connectivity index (χ4v) is 15.4. The van der Waals surface area contributed by atoms with Gasteiger partial charge in [-0.25, -0.2) is 9.59 Å². The minimum absolute atomic E-state index is 0. The first-order valence-corrected chi connectivity index (χ1v) is 34.2. The summed E-state index contributed by atoms with van der Waals surface area (Å²) in [5, 5.41) is 10.6. The third kappa shape index (κ3) is 23.9. The molecule has 9 saturated carbocycles. The summed E-state index contributed by atoms with van der Waals surface area (Å²) in [5.41, 5.74) is -3.27. The maximum absolute atomic E-state index is 12.6. The molecule has 18 heteroatoms. The molecule has 96 heavy (non-hydrogen) atoms. The van der Waals surface area contributed by atoms with Gasteiger partial charge in [0, 0.05) is 24.0 Å². The number of likely N-dealkylation sites (tertiary alicyclic amines) is 1. The molecule has 0 aromatic rings. The van der Waals surface area contributed by atoms with E-state index in [0.29, 0.717) is 68.3 Å². The topological polar surface area (TPSA) is 225 Å². The molecule has 1 N–H and O–H groups in total. The predicted octanol–water partition coefficient (Wildman–Crippen LogP) is 18.8. The quantitative estimate of drug-likeness (QED) is 0.0811. The van der Waals surface area contributed by atoms with E-state index in [-0.39, 0.29) is 151 Å². The van der Waals surface area contributed by atoms with Crippen molar-refractivity contribution in [2.75, 3.05) is 31.3 Å². The molecular formula is C78H151NO16S. The highest BCUT2D eigenvalue weighted by Gasteiger charge is 2.61. The third-order valence-corrected chi connectivity index (χ3v) is 22.9. The van der Waals surface area contributed by atoms with Crippen LogP contribution in [0.5, 0.6) is 0 Å². The largest absolute Gasteiger partial charge is 0.463 e. The first-order valence-electron chi connectivity index (χ1n) is 33.1. The van der Waals surface area contributed by atoms with Gasteiger partial charge in [0.05, 0.1) is 58.2 Å². The van der Waals surface area contributed by atoms with E-state index in [0.717, 1.165) is 88.2 Å². The zero-order valence-corrected chi connectivity index (χ0v) is 56.4. The summed E-state index contributed by atoms with van der Waals surface area (Å²) in [6, 6.07) is 0.232. The molecule has 0 spiro atoms. The van der Waals surface area contributed by atoms with Gasteiger partial charge in [0.15, 0.2) is 6.61 Å². The average Bonchev–Trinajstić information content (AvgIpc) is 0.781. The summed E-state index contributed by atoms with van der Waals surface area (Å²) in [7, 11) is 0. The number of cyclic esters (lactones) is 1. The van der Waals surface area contributed by atoms with Crippen molar-refractivity contribution in [3.05, 3.63) is 0 Å². The fourth-order valence-electron chi connectivity index (χ4n) is 14.7. The Morgan fingerprint density at radius 3 is 1.44 bits per heavy atom. The summed E-state index contributed by atoms with van der Waals surface area (Å²) in [4.78, 5) is 96.1. The lowest BCUT2D eigenvalue weighted by molar-refractivity contribution is -0.225. The Kier molecular flexibility index (Phi) is 42.7. The molecule has 12 aliphatic rings. The SMILES string of the molecule is C.C.C.C.C.C.C.C.C.C.CCC(C)(C)C(=O)N1C(=O)C2CCCC21.CCC(C)(C)C(=O)OC1(CC)C2CC3CC(C2)CC1C3.CCC(C)(C)C(=O)OC12CC3CC(CC(O)(C3)C1)C2.CCC(C)(C)C(=O)OC1CCOC1=O.CCC(C)(C)C(=O)OCC(=O)OC1CSCCO1. The smallest absolute Gasteiger partial charge is 0.347 e. The van der Waals surface area contributed by atoms with Crippen molar-refractivity contribution in [2.45, 2.75) is 355 Å². The summed E-state index contributed by atoms with van der Waals surface area (Å²) < 4.78 is 37.2. The summed E-state index contributed by atoms with van der Waals surface area (Å²) in [5.74, 6) is 4.29. The molecule has 3 saturated heterocycles. The Morgan fingerprint density at radius 2 is 1.01 bits per heavy atom. The van der Waals surface area contributed by atoms with Crippen LogP contribution in [0.4, 0.5) is 0 Å². The number of esters is 6. The molecule has 6 atom stereocenters. The predicted molar refractivity (Wildman–Crippen MR) is 395 cm³/mol. The number of amides is 2. The Balaban J connectivity index is -0.000000352. The monoisotopic (exact) mass is 1390 g/mol. The molecule has 2 amide bonds. The molecule has 0 aromatic carbocycles. The number of carbonyl (C=O) groups is 8. The Labute approximate surface area is 593 Å². The van der Waals surface area contributed by atoms with Crippen LogP contribution in [0.2, 0.25) is 0 Å². The molecule has 12 rings (SSSR count). The molecule has 9 aliphatic carbocycles. The Hall–Kier alpha value is -3.77. The maximum Gasteiger partial charge on any atom is 0.347 e. The lowest BCUT2D eigenvalue weighted by Crippen LogP contribution is -2.63. The van der Waals surface area contributed by atoms with E-state index in [1.807, 2.05) is 69.2 Å². The fraction of sp³-hybridized carbons (Fsp3) is 0.897. The van der Waals surface area contributed by atoms with Crippen molar-refractivity contribution in [3.8, 4) is 0 Å². The minimum atomic E-state index is -0.687. The lowest BCUT2D eigenvalue weighted by atomic mass is 9.49. The number of hydrogen-bond donors (Lipinski definition) is 1. The van der Waals surface area contributed by atoms with Gasteiger partial charge in [-0.2, -0.15) is 11.8 Å². The molecule has 0 aromatic heterocycles. The van der Waals surface area contributed by atoms with Crippen LogP contribution in [0.15, 0.2) is 0 Å². The number of hydrogen-bond acceptors (Lipinski definition) is 17. The summed E-state index contributed by atoms with van der Waals surface area (Å²) >= 11 is 1.67. The number of aliphatic hydroxyl groups is 1. The van der Waals surface area contributed by atoms with Crippen LogP contribution in [-0.4, -0.2) is 124 Å². The first-order chi connectivity index (χ1) is 40.1. The van der Waals surface area contributed by atoms with Gasteiger partial charge in [-0.3, -0.25) is 33.7 Å². The van der Waals surface area contributed by atoms with Crippen molar-refractivity contribution < 1.29 is 76.6 Å². The van der Waals surface area contributed by atoms with E-state index in [9.17, 15) is 43.5 Å². The van der Waals surface area contributed by atoms with E-state index in [1.165, 1.54) is 43.4 Å². The second kappa shape index (κ2) is 40.6. The van der Waals surface area contributed by atoms with Crippen LogP contribution in [0.25, 0.3) is 0 Å². The molecule has 570 valence electrons. The van der Waals surface area contributed by atoms with Gasteiger partial charge >= 0.3 is 35.8 Å². The van der Waals surface area contributed by atoms with Crippen molar-refractivity contribution in [1.82, 2.24) is 4.90 Å². The summed E-state index contributed by atoms with van der Waals surface area (Å²) in [6.45, 7) is 31.7. The lowest BCUT2D eigenvalue weighted by Gasteiger charge is -2.60. The van der Waals surface area contributed by atoms with Gasteiger partial charge in [-0.15, -0.1) is 0 Å². The second-order valence-electron chi connectivity index (χ2n) is 30.4. The van der Waals surface area contributed by atoms with E-state index >= 15 is 0 Å².